The monoisotopic (exact) mass is 237 g/mol. The number of nitrogens with one attached hydrogen (secondary N) is 1. The minimum Gasteiger partial charge on any atom is -0.310 e. The van der Waals surface area contributed by atoms with E-state index in [0.29, 0.717) is 6.04 Å². The molecule has 1 fully saturated rings. The van der Waals surface area contributed by atoms with E-state index >= 15 is 0 Å². The fraction of sp³-hybridized carbons (Fsp3) is 0.429. The van der Waals surface area contributed by atoms with Gasteiger partial charge in [-0.3, -0.25) is 0 Å². The van der Waals surface area contributed by atoms with E-state index in [1.807, 2.05) is 6.08 Å². The average molecular weight is 237 g/mol. The van der Waals surface area contributed by atoms with Crippen molar-refractivity contribution in [3.8, 4) is 0 Å². The Kier molecular flexibility index (Phi) is 3.89. The van der Waals surface area contributed by atoms with E-state index in [1.165, 1.54) is 30.5 Å². The van der Waals surface area contributed by atoms with Gasteiger partial charge in [-0.15, -0.1) is 0 Å². The van der Waals surface area contributed by atoms with Gasteiger partial charge in [0.1, 0.15) is 0 Å². The average Bonchev–Trinajstić information content (AvgIpc) is 3.13. The van der Waals surface area contributed by atoms with Crippen molar-refractivity contribution in [3.05, 3.63) is 41.0 Å². The van der Waals surface area contributed by atoms with Gasteiger partial charge in [0.2, 0.25) is 0 Å². The summed E-state index contributed by atoms with van der Waals surface area (Å²) < 4.78 is 25.8. The molecule has 1 aliphatic carbocycles. The van der Waals surface area contributed by atoms with Crippen LogP contribution in [0.5, 0.6) is 0 Å². The maximum Gasteiger partial charge on any atom is 0.159 e. The zero-order valence-electron chi connectivity index (χ0n) is 9.97. The van der Waals surface area contributed by atoms with E-state index < -0.39 is 11.6 Å². The normalized spacial score (nSPS) is 16.3. The first-order chi connectivity index (χ1) is 8.19. The molecule has 1 aromatic rings. The SMILES string of the molecule is CCC(=Cc1ccc(F)c(F)c1)CNC1CC1. The van der Waals surface area contributed by atoms with E-state index in [1.54, 1.807) is 6.07 Å². The van der Waals surface area contributed by atoms with Crippen molar-refractivity contribution < 1.29 is 8.78 Å². The molecule has 0 radical (unpaired) electrons. The zero-order chi connectivity index (χ0) is 12.3. The fourth-order valence-corrected chi connectivity index (χ4v) is 1.68. The van der Waals surface area contributed by atoms with Crippen LogP contribution >= 0.6 is 0 Å². The fourth-order valence-electron chi connectivity index (χ4n) is 1.68. The van der Waals surface area contributed by atoms with Crippen molar-refractivity contribution in [1.29, 1.82) is 0 Å². The first-order valence-corrected chi connectivity index (χ1v) is 6.07. The van der Waals surface area contributed by atoms with Crippen LogP contribution in [0.1, 0.15) is 31.7 Å². The highest BCUT2D eigenvalue weighted by atomic mass is 19.2. The lowest BCUT2D eigenvalue weighted by Gasteiger charge is -2.06. The molecule has 1 N–H and O–H groups in total. The molecular weight excluding hydrogens is 220 g/mol. The van der Waals surface area contributed by atoms with Crippen molar-refractivity contribution in [2.24, 2.45) is 0 Å². The summed E-state index contributed by atoms with van der Waals surface area (Å²) in [6, 6.07) is 4.67. The second-order valence-corrected chi connectivity index (χ2v) is 4.48. The molecule has 0 aromatic heterocycles. The Morgan fingerprint density at radius 2 is 2.12 bits per heavy atom. The third kappa shape index (κ3) is 3.63. The van der Waals surface area contributed by atoms with Crippen LogP contribution in [-0.2, 0) is 0 Å². The Hall–Kier alpha value is -1.22. The van der Waals surface area contributed by atoms with Gasteiger partial charge >= 0.3 is 0 Å². The summed E-state index contributed by atoms with van der Waals surface area (Å²) in [6.07, 6.45) is 5.35. The van der Waals surface area contributed by atoms with Gasteiger partial charge < -0.3 is 5.32 Å². The van der Waals surface area contributed by atoms with Gasteiger partial charge in [0, 0.05) is 12.6 Å². The highest BCUT2D eigenvalue weighted by Gasteiger charge is 2.20. The first-order valence-electron chi connectivity index (χ1n) is 6.07. The molecule has 0 amide bonds. The van der Waals surface area contributed by atoms with Crippen LogP contribution in [-0.4, -0.2) is 12.6 Å². The lowest BCUT2D eigenvalue weighted by molar-refractivity contribution is 0.508. The van der Waals surface area contributed by atoms with Crippen molar-refractivity contribution >= 4 is 6.08 Å². The minimum absolute atomic E-state index is 0.662. The van der Waals surface area contributed by atoms with Gasteiger partial charge in [0.15, 0.2) is 11.6 Å². The lowest BCUT2D eigenvalue weighted by atomic mass is 10.1. The van der Waals surface area contributed by atoms with Gasteiger partial charge in [0.05, 0.1) is 0 Å². The van der Waals surface area contributed by atoms with Crippen LogP contribution in [0, 0.1) is 11.6 Å². The Morgan fingerprint density at radius 1 is 1.35 bits per heavy atom. The summed E-state index contributed by atoms with van der Waals surface area (Å²) in [6.45, 7) is 2.90. The summed E-state index contributed by atoms with van der Waals surface area (Å²) in [5.74, 6) is -1.58. The maximum absolute atomic E-state index is 13.0. The summed E-state index contributed by atoms with van der Waals surface area (Å²) in [7, 11) is 0. The highest BCUT2D eigenvalue weighted by molar-refractivity contribution is 5.53. The van der Waals surface area contributed by atoms with Crippen molar-refractivity contribution in [1.82, 2.24) is 5.32 Å². The van der Waals surface area contributed by atoms with Crippen LogP contribution in [0.15, 0.2) is 23.8 Å². The van der Waals surface area contributed by atoms with Crippen LogP contribution in [0.2, 0.25) is 0 Å². The Labute approximate surface area is 101 Å². The molecule has 1 aliphatic rings. The molecule has 0 atom stereocenters. The molecule has 92 valence electrons. The van der Waals surface area contributed by atoms with E-state index in [9.17, 15) is 8.78 Å². The molecule has 0 heterocycles. The predicted octanol–water partition coefficient (Wildman–Crippen LogP) is 3.51. The Balaban J connectivity index is 2.04. The summed E-state index contributed by atoms with van der Waals surface area (Å²) in [5.41, 5.74) is 1.93. The molecule has 0 bridgehead atoms. The van der Waals surface area contributed by atoms with Crippen molar-refractivity contribution in [2.45, 2.75) is 32.2 Å². The van der Waals surface area contributed by atoms with Crippen LogP contribution < -0.4 is 5.32 Å². The van der Waals surface area contributed by atoms with Crippen molar-refractivity contribution in [2.75, 3.05) is 6.54 Å². The number of rotatable bonds is 5. The molecular formula is C14H17F2N. The lowest BCUT2D eigenvalue weighted by Crippen LogP contribution is -2.18. The van der Waals surface area contributed by atoms with E-state index in [4.69, 9.17) is 0 Å². The molecule has 1 nitrogen and oxygen atoms in total. The van der Waals surface area contributed by atoms with Gasteiger partial charge in [-0.2, -0.15) is 0 Å². The van der Waals surface area contributed by atoms with Gasteiger partial charge in [0.25, 0.3) is 0 Å². The number of hydrogen-bond acceptors (Lipinski definition) is 1. The maximum atomic E-state index is 13.0. The second kappa shape index (κ2) is 5.41. The van der Waals surface area contributed by atoms with Gasteiger partial charge in [-0.1, -0.05) is 24.6 Å². The summed E-state index contributed by atoms with van der Waals surface area (Å²) in [5, 5.41) is 3.42. The third-order valence-electron chi connectivity index (χ3n) is 2.96. The van der Waals surface area contributed by atoms with Crippen LogP contribution in [0.3, 0.4) is 0 Å². The van der Waals surface area contributed by atoms with E-state index in [0.717, 1.165) is 18.5 Å². The first kappa shape index (κ1) is 12.2. The Morgan fingerprint density at radius 3 is 2.71 bits per heavy atom. The van der Waals surface area contributed by atoms with Gasteiger partial charge in [-0.25, -0.2) is 8.78 Å². The standard InChI is InChI=1S/C14H17F2N/c1-2-10(9-17-12-4-5-12)7-11-3-6-13(15)14(16)8-11/h3,6-8,12,17H,2,4-5,9H2,1H3. The highest BCUT2D eigenvalue weighted by Crippen LogP contribution is 2.20. The number of benzene rings is 1. The molecule has 2 rings (SSSR count). The predicted molar refractivity (Wildman–Crippen MR) is 65.7 cm³/mol. The molecule has 1 saturated carbocycles. The smallest absolute Gasteiger partial charge is 0.159 e. The zero-order valence-corrected chi connectivity index (χ0v) is 9.97. The van der Waals surface area contributed by atoms with Crippen molar-refractivity contribution in [3.63, 3.8) is 0 Å². The quantitative estimate of drug-likeness (QED) is 0.826. The van der Waals surface area contributed by atoms with Gasteiger partial charge in [-0.05, 0) is 37.0 Å². The molecule has 3 heteroatoms. The minimum atomic E-state index is -0.795. The largest absolute Gasteiger partial charge is 0.310 e. The molecule has 0 spiro atoms. The van der Waals surface area contributed by atoms with E-state index in [-0.39, 0.29) is 0 Å². The number of hydrogen-bond donors (Lipinski definition) is 1. The molecule has 17 heavy (non-hydrogen) atoms. The third-order valence-corrected chi connectivity index (χ3v) is 2.96. The molecule has 0 saturated heterocycles. The molecule has 0 aliphatic heterocycles. The van der Waals surface area contributed by atoms with E-state index in [2.05, 4.69) is 12.2 Å². The van der Waals surface area contributed by atoms with Crippen LogP contribution in [0.4, 0.5) is 8.78 Å². The number of halogens is 2. The second-order valence-electron chi connectivity index (χ2n) is 4.48. The summed E-state index contributed by atoms with van der Waals surface area (Å²) in [4.78, 5) is 0. The Bertz CT molecular complexity index is 422. The molecule has 0 unspecified atom stereocenters. The topological polar surface area (TPSA) is 12.0 Å². The van der Waals surface area contributed by atoms with Crippen LogP contribution in [0.25, 0.3) is 6.08 Å². The molecule has 1 aromatic carbocycles. The summed E-state index contributed by atoms with van der Waals surface area (Å²) >= 11 is 0.